The maximum atomic E-state index is 12.8. The van der Waals surface area contributed by atoms with Crippen LogP contribution in [0.2, 0.25) is 5.02 Å². The highest BCUT2D eigenvalue weighted by atomic mass is 35.5. The van der Waals surface area contributed by atoms with Crippen molar-refractivity contribution in [1.29, 1.82) is 0 Å². The Morgan fingerprint density at radius 1 is 1.19 bits per heavy atom. The molecule has 0 radical (unpaired) electrons. The summed E-state index contributed by atoms with van der Waals surface area (Å²) in [6.45, 7) is 3.12. The summed E-state index contributed by atoms with van der Waals surface area (Å²) in [5, 5.41) is 2.11. The number of esters is 1. The maximum Gasteiger partial charge on any atom is 0.416 e. The second-order valence-corrected chi connectivity index (χ2v) is 7.90. The molecule has 1 aliphatic heterocycles. The molecule has 0 spiro atoms. The van der Waals surface area contributed by atoms with Crippen molar-refractivity contribution >= 4 is 40.8 Å². The Hall–Kier alpha value is -3.07. The molecule has 32 heavy (non-hydrogen) atoms. The number of halogens is 4. The molecule has 10 heteroatoms. The third kappa shape index (κ3) is 5.21. The molecule has 2 amide bonds. The predicted molar refractivity (Wildman–Crippen MR) is 112 cm³/mol. The number of carbonyl (C=O) groups is 3. The topological polar surface area (TPSA) is 75.7 Å². The van der Waals surface area contributed by atoms with E-state index in [2.05, 4.69) is 5.32 Å². The van der Waals surface area contributed by atoms with Crippen molar-refractivity contribution in [3.05, 3.63) is 58.1 Å². The molecule has 2 aromatic carbocycles. The van der Waals surface area contributed by atoms with Gasteiger partial charge in [0, 0.05) is 18.7 Å². The van der Waals surface area contributed by atoms with E-state index >= 15 is 0 Å². The first kappa shape index (κ1) is 23.6. The number of ether oxygens (including phenoxy) is 1. The first-order valence-electron chi connectivity index (χ1n) is 9.67. The summed E-state index contributed by atoms with van der Waals surface area (Å²) >= 11 is 5.84. The molecule has 3 rings (SSSR count). The van der Waals surface area contributed by atoms with Crippen molar-refractivity contribution in [2.24, 2.45) is 5.92 Å². The number of benzene rings is 2. The van der Waals surface area contributed by atoms with E-state index < -0.39 is 36.1 Å². The highest BCUT2D eigenvalue weighted by Crippen LogP contribution is 2.34. The van der Waals surface area contributed by atoms with Crippen LogP contribution in [0.4, 0.5) is 24.5 Å². The summed E-state index contributed by atoms with van der Waals surface area (Å²) in [6, 6.07) is 8.10. The quantitative estimate of drug-likeness (QED) is 0.655. The monoisotopic (exact) mass is 468 g/mol. The van der Waals surface area contributed by atoms with E-state index in [9.17, 15) is 27.6 Å². The molecule has 170 valence electrons. The molecule has 1 saturated heterocycles. The van der Waals surface area contributed by atoms with Gasteiger partial charge in [-0.05, 0) is 43.2 Å². The van der Waals surface area contributed by atoms with Gasteiger partial charge in [0.2, 0.25) is 5.91 Å². The van der Waals surface area contributed by atoms with E-state index in [0.29, 0.717) is 6.07 Å². The Kier molecular flexibility index (Phi) is 6.78. The van der Waals surface area contributed by atoms with Gasteiger partial charge in [-0.15, -0.1) is 0 Å². The predicted octanol–water partition coefficient (Wildman–Crippen LogP) is 4.51. The van der Waals surface area contributed by atoms with Crippen LogP contribution >= 0.6 is 11.6 Å². The van der Waals surface area contributed by atoms with Crippen LogP contribution in [0.1, 0.15) is 23.1 Å². The molecular weight excluding hydrogens is 449 g/mol. The van der Waals surface area contributed by atoms with Gasteiger partial charge >= 0.3 is 12.1 Å². The number of aryl methyl sites for hydroxylation is 2. The molecule has 1 N–H and O–H groups in total. The van der Waals surface area contributed by atoms with Gasteiger partial charge in [0.15, 0.2) is 6.61 Å². The molecular formula is C22H20ClF3N2O4. The summed E-state index contributed by atoms with van der Waals surface area (Å²) < 4.78 is 43.5. The first-order valence-corrected chi connectivity index (χ1v) is 10.0. The van der Waals surface area contributed by atoms with Crippen LogP contribution in [0.5, 0.6) is 0 Å². The number of hydrogen-bond acceptors (Lipinski definition) is 4. The largest absolute Gasteiger partial charge is 0.455 e. The van der Waals surface area contributed by atoms with Crippen molar-refractivity contribution in [1.82, 2.24) is 0 Å². The van der Waals surface area contributed by atoms with Crippen molar-refractivity contribution in [2.45, 2.75) is 26.4 Å². The number of amides is 2. The Morgan fingerprint density at radius 3 is 2.47 bits per heavy atom. The van der Waals surface area contributed by atoms with E-state index in [1.807, 2.05) is 32.0 Å². The summed E-state index contributed by atoms with van der Waals surface area (Å²) in [5.74, 6) is -2.58. The number of nitrogens with one attached hydrogen (secondary N) is 1. The number of rotatable bonds is 5. The van der Waals surface area contributed by atoms with Gasteiger partial charge in [-0.25, -0.2) is 0 Å². The molecule has 0 saturated carbocycles. The van der Waals surface area contributed by atoms with Crippen molar-refractivity contribution < 1.29 is 32.3 Å². The standard InChI is InChI=1S/C22H20ClF3N2O4/c1-12-4-3-5-13(2)20(12)28-10-14(8-19(28)30)21(31)32-11-18(29)27-17-9-15(22(24,25)26)6-7-16(17)23/h3-7,9,14H,8,10-11H2,1-2H3,(H,27,29)/t14-/m0/s1. The van der Waals surface area contributed by atoms with Crippen LogP contribution in [0.25, 0.3) is 0 Å². The lowest BCUT2D eigenvalue weighted by Crippen LogP contribution is -2.29. The summed E-state index contributed by atoms with van der Waals surface area (Å²) in [4.78, 5) is 38.5. The molecule has 0 bridgehead atoms. The SMILES string of the molecule is Cc1cccc(C)c1N1C[C@@H](C(=O)OCC(=O)Nc2cc(C(F)(F)F)ccc2Cl)CC1=O. The van der Waals surface area contributed by atoms with Gasteiger partial charge in [0.25, 0.3) is 5.91 Å². The minimum Gasteiger partial charge on any atom is -0.455 e. The van der Waals surface area contributed by atoms with Crippen LogP contribution in [0, 0.1) is 19.8 Å². The summed E-state index contributed by atoms with van der Waals surface area (Å²) in [6.07, 6.45) is -4.67. The van der Waals surface area contributed by atoms with E-state index in [0.717, 1.165) is 28.9 Å². The van der Waals surface area contributed by atoms with Gasteiger partial charge in [-0.3, -0.25) is 14.4 Å². The van der Waals surface area contributed by atoms with Crippen LogP contribution < -0.4 is 10.2 Å². The summed E-state index contributed by atoms with van der Waals surface area (Å²) in [7, 11) is 0. The van der Waals surface area contributed by atoms with Crippen LogP contribution in [-0.4, -0.2) is 30.9 Å². The number of anilines is 2. The van der Waals surface area contributed by atoms with Crippen molar-refractivity contribution in [3.63, 3.8) is 0 Å². The van der Waals surface area contributed by atoms with E-state index in [1.165, 1.54) is 4.90 Å². The molecule has 1 atom stereocenters. The molecule has 0 aliphatic carbocycles. The molecule has 1 aliphatic rings. The van der Waals surface area contributed by atoms with Gasteiger partial charge in [0.05, 0.1) is 22.2 Å². The second kappa shape index (κ2) is 9.20. The van der Waals surface area contributed by atoms with E-state index in [4.69, 9.17) is 16.3 Å². The third-order valence-corrected chi connectivity index (χ3v) is 5.41. The zero-order valence-electron chi connectivity index (χ0n) is 17.3. The van der Waals surface area contributed by atoms with E-state index in [-0.39, 0.29) is 29.6 Å². The Morgan fingerprint density at radius 2 is 1.84 bits per heavy atom. The average molecular weight is 469 g/mol. The lowest BCUT2D eigenvalue weighted by molar-refractivity contribution is -0.151. The lowest BCUT2D eigenvalue weighted by atomic mass is 10.1. The zero-order valence-corrected chi connectivity index (χ0v) is 18.0. The molecule has 6 nitrogen and oxygen atoms in total. The fourth-order valence-corrected chi connectivity index (χ4v) is 3.72. The third-order valence-electron chi connectivity index (χ3n) is 5.08. The van der Waals surface area contributed by atoms with Gasteiger partial charge < -0.3 is 15.0 Å². The number of alkyl halides is 3. The zero-order chi connectivity index (χ0) is 23.6. The lowest BCUT2D eigenvalue weighted by Gasteiger charge is -2.21. The molecule has 1 fully saturated rings. The molecule has 2 aromatic rings. The minimum absolute atomic E-state index is 0.0618. The smallest absolute Gasteiger partial charge is 0.416 e. The number of nitrogens with zero attached hydrogens (tertiary/aromatic N) is 1. The highest BCUT2D eigenvalue weighted by Gasteiger charge is 2.37. The Balaban J connectivity index is 1.60. The number of carbonyl (C=O) groups excluding carboxylic acids is 3. The molecule has 1 heterocycles. The van der Waals surface area contributed by atoms with Crippen LogP contribution in [0.15, 0.2) is 36.4 Å². The normalized spacial score (nSPS) is 16.2. The van der Waals surface area contributed by atoms with Crippen LogP contribution in [-0.2, 0) is 25.3 Å². The van der Waals surface area contributed by atoms with Crippen LogP contribution in [0.3, 0.4) is 0 Å². The fraction of sp³-hybridized carbons (Fsp3) is 0.318. The highest BCUT2D eigenvalue weighted by molar-refractivity contribution is 6.33. The van der Waals surface area contributed by atoms with Gasteiger partial charge in [0.1, 0.15) is 0 Å². The molecule has 0 unspecified atom stereocenters. The van der Waals surface area contributed by atoms with Crippen molar-refractivity contribution in [3.8, 4) is 0 Å². The van der Waals surface area contributed by atoms with Gasteiger partial charge in [-0.2, -0.15) is 13.2 Å². The second-order valence-electron chi connectivity index (χ2n) is 7.49. The molecule has 0 aromatic heterocycles. The summed E-state index contributed by atoms with van der Waals surface area (Å²) in [5.41, 5.74) is 1.30. The first-order chi connectivity index (χ1) is 15.0. The Labute approximate surface area is 187 Å². The maximum absolute atomic E-state index is 12.8. The van der Waals surface area contributed by atoms with Gasteiger partial charge in [-0.1, -0.05) is 29.8 Å². The van der Waals surface area contributed by atoms with E-state index in [1.54, 1.807) is 0 Å². The number of hydrogen-bond donors (Lipinski definition) is 1. The fourth-order valence-electron chi connectivity index (χ4n) is 3.55. The number of para-hydroxylation sites is 1. The average Bonchev–Trinajstić information content (AvgIpc) is 3.08. The van der Waals surface area contributed by atoms with Crippen molar-refractivity contribution in [2.75, 3.05) is 23.4 Å². The Bertz CT molecular complexity index is 1050. The minimum atomic E-state index is -4.60.